The molecule has 0 N–H and O–H groups in total. The zero-order chi connectivity index (χ0) is 18.8. The van der Waals surface area contributed by atoms with Gasteiger partial charge < -0.3 is 4.74 Å². The van der Waals surface area contributed by atoms with Crippen molar-refractivity contribution in [3.63, 3.8) is 0 Å². The fourth-order valence-corrected chi connectivity index (χ4v) is 3.39. The van der Waals surface area contributed by atoms with Crippen molar-refractivity contribution in [1.29, 1.82) is 0 Å². The van der Waals surface area contributed by atoms with Crippen molar-refractivity contribution >= 4 is 11.6 Å². The number of nitrogens with zero attached hydrogens (tertiary/aromatic N) is 3. The van der Waals surface area contributed by atoms with Crippen LogP contribution in [0.1, 0.15) is 22.4 Å². The van der Waals surface area contributed by atoms with Gasteiger partial charge in [0.2, 0.25) is 0 Å². The molecule has 5 heteroatoms. The Morgan fingerprint density at radius 3 is 2.74 bits per heavy atom. The summed E-state index contributed by atoms with van der Waals surface area (Å²) in [6.07, 6.45) is 2.84. The van der Waals surface area contributed by atoms with Crippen LogP contribution in [-0.2, 0) is 13.0 Å². The maximum Gasteiger partial charge on any atom is 0.159 e. The molecule has 1 aliphatic heterocycles. The molecule has 3 aromatic rings. The molecular weight excluding hydrogens is 358 g/mol. The lowest BCUT2D eigenvalue weighted by molar-refractivity contribution is 0.112. The third kappa shape index (κ3) is 3.97. The Balaban J connectivity index is 1.44. The van der Waals surface area contributed by atoms with Crippen LogP contribution in [-0.4, -0.2) is 28.1 Å². The van der Waals surface area contributed by atoms with Gasteiger partial charge in [0.25, 0.3) is 0 Å². The number of fused-ring (bicyclic) bond motifs is 1. The monoisotopic (exact) mass is 379 g/mol. The SMILES string of the molecule is Cc1cccc(OCN2CCc3nc(-c4ccc(Cl)cc4)ncc3C2)c1C. The van der Waals surface area contributed by atoms with E-state index in [1.807, 2.05) is 42.6 Å². The first kappa shape index (κ1) is 18.0. The van der Waals surface area contributed by atoms with Crippen molar-refractivity contribution in [2.75, 3.05) is 13.3 Å². The molecule has 0 amide bonds. The molecule has 4 nitrogen and oxygen atoms in total. The summed E-state index contributed by atoms with van der Waals surface area (Å²) in [6.45, 7) is 6.51. The summed E-state index contributed by atoms with van der Waals surface area (Å²) in [5.41, 5.74) is 5.73. The van der Waals surface area contributed by atoms with E-state index < -0.39 is 0 Å². The minimum atomic E-state index is 0.572. The number of hydrogen-bond donors (Lipinski definition) is 0. The minimum absolute atomic E-state index is 0.572. The molecule has 2 heterocycles. The molecule has 0 radical (unpaired) electrons. The highest BCUT2D eigenvalue weighted by Crippen LogP contribution is 2.24. The number of ether oxygens (including phenoxy) is 1. The largest absolute Gasteiger partial charge is 0.478 e. The first-order chi connectivity index (χ1) is 13.1. The summed E-state index contributed by atoms with van der Waals surface area (Å²) in [7, 11) is 0. The van der Waals surface area contributed by atoms with Crippen molar-refractivity contribution < 1.29 is 4.74 Å². The van der Waals surface area contributed by atoms with Crippen LogP contribution in [0.25, 0.3) is 11.4 Å². The Kier molecular flexibility index (Phi) is 5.10. The number of aryl methyl sites for hydroxylation is 1. The van der Waals surface area contributed by atoms with E-state index in [1.165, 1.54) is 16.7 Å². The summed E-state index contributed by atoms with van der Waals surface area (Å²) >= 11 is 5.96. The fraction of sp³-hybridized carbons (Fsp3) is 0.273. The van der Waals surface area contributed by atoms with Crippen LogP contribution in [0.2, 0.25) is 5.02 Å². The molecule has 0 spiro atoms. The number of hydrogen-bond acceptors (Lipinski definition) is 4. The van der Waals surface area contributed by atoms with Gasteiger partial charge in [-0.1, -0.05) is 23.7 Å². The molecule has 138 valence electrons. The second-order valence-electron chi connectivity index (χ2n) is 6.95. The zero-order valence-corrected chi connectivity index (χ0v) is 16.3. The molecule has 2 aromatic carbocycles. The first-order valence-corrected chi connectivity index (χ1v) is 9.50. The third-order valence-electron chi connectivity index (χ3n) is 5.07. The van der Waals surface area contributed by atoms with Crippen molar-refractivity contribution in [3.8, 4) is 17.1 Å². The highest BCUT2D eigenvalue weighted by molar-refractivity contribution is 6.30. The van der Waals surface area contributed by atoms with Crippen molar-refractivity contribution in [2.24, 2.45) is 0 Å². The fourth-order valence-electron chi connectivity index (χ4n) is 3.26. The van der Waals surface area contributed by atoms with Crippen LogP contribution < -0.4 is 4.74 Å². The number of aromatic nitrogens is 2. The average Bonchev–Trinajstić information content (AvgIpc) is 2.69. The Morgan fingerprint density at radius 2 is 1.93 bits per heavy atom. The zero-order valence-electron chi connectivity index (χ0n) is 15.6. The second kappa shape index (κ2) is 7.67. The van der Waals surface area contributed by atoms with Crippen LogP contribution in [0.4, 0.5) is 0 Å². The maximum absolute atomic E-state index is 6.05. The summed E-state index contributed by atoms with van der Waals surface area (Å²) in [6, 6.07) is 13.8. The Labute approximate surface area is 164 Å². The van der Waals surface area contributed by atoms with E-state index in [4.69, 9.17) is 21.3 Å². The van der Waals surface area contributed by atoms with Crippen LogP contribution in [0.15, 0.2) is 48.7 Å². The normalized spacial score (nSPS) is 14.0. The highest BCUT2D eigenvalue weighted by atomic mass is 35.5. The highest BCUT2D eigenvalue weighted by Gasteiger charge is 2.19. The van der Waals surface area contributed by atoms with E-state index in [-0.39, 0.29) is 0 Å². The number of rotatable bonds is 4. The van der Waals surface area contributed by atoms with Crippen LogP contribution in [0.5, 0.6) is 5.75 Å². The van der Waals surface area contributed by atoms with E-state index in [0.29, 0.717) is 6.73 Å². The molecule has 0 unspecified atom stereocenters. The van der Waals surface area contributed by atoms with Gasteiger partial charge in [0.15, 0.2) is 5.82 Å². The lowest BCUT2D eigenvalue weighted by Crippen LogP contribution is -2.34. The van der Waals surface area contributed by atoms with Gasteiger partial charge in [-0.2, -0.15) is 0 Å². The molecule has 0 saturated heterocycles. The van der Waals surface area contributed by atoms with Gasteiger partial charge in [-0.25, -0.2) is 9.97 Å². The van der Waals surface area contributed by atoms with Gasteiger partial charge in [-0.3, -0.25) is 4.90 Å². The van der Waals surface area contributed by atoms with Gasteiger partial charge in [-0.15, -0.1) is 0 Å². The summed E-state index contributed by atoms with van der Waals surface area (Å²) in [5.74, 6) is 1.71. The van der Waals surface area contributed by atoms with Crippen LogP contribution in [0.3, 0.4) is 0 Å². The molecule has 4 rings (SSSR count). The summed E-state index contributed by atoms with van der Waals surface area (Å²) < 4.78 is 6.05. The second-order valence-corrected chi connectivity index (χ2v) is 7.38. The van der Waals surface area contributed by atoms with E-state index in [1.54, 1.807) is 0 Å². The third-order valence-corrected chi connectivity index (χ3v) is 5.32. The van der Waals surface area contributed by atoms with Crippen molar-refractivity contribution in [3.05, 3.63) is 76.1 Å². The van der Waals surface area contributed by atoms with E-state index >= 15 is 0 Å². The minimum Gasteiger partial charge on any atom is -0.478 e. The van der Waals surface area contributed by atoms with Gasteiger partial charge in [0.1, 0.15) is 12.5 Å². The van der Waals surface area contributed by atoms with E-state index in [9.17, 15) is 0 Å². The molecular formula is C22H22ClN3O. The lowest BCUT2D eigenvalue weighted by atomic mass is 10.1. The Bertz CT molecular complexity index is 956. The molecule has 0 fully saturated rings. The summed E-state index contributed by atoms with van der Waals surface area (Å²) in [4.78, 5) is 11.6. The summed E-state index contributed by atoms with van der Waals surface area (Å²) in [5, 5.41) is 0.719. The lowest BCUT2D eigenvalue weighted by Gasteiger charge is -2.28. The van der Waals surface area contributed by atoms with Crippen LogP contribution in [0, 0.1) is 13.8 Å². The van der Waals surface area contributed by atoms with Crippen LogP contribution >= 0.6 is 11.6 Å². The van der Waals surface area contributed by atoms with E-state index in [2.05, 4.69) is 29.8 Å². The quantitative estimate of drug-likeness (QED) is 0.652. The predicted octanol–water partition coefficient (Wildman–Crippen LogP) is 4.81. The predicted molar refractivity (Wildman–Crippen MR) is 108 cm³/mol. The first-order valence-electron chi connectivity index (χ1n) is 9.12. The average molecular weight is 380 g/mol. The molecule has 0 aliphatic carbocycles. The molecule has 1 aliphatic rings. The maximum atomic E-state index is 6.05. The number of benzene rings is 2. The molecule has 0 bridgehead atoms. The van der Waals surface area contributed by atoms with Gasteiger partial charge in [0.05, 0.1) is 5.69 Å². The van der Waals surface area contributed by atoms with Gasteiger partial charge in [0, 0.05) is 41.9 Å². The Hall–Kier alpha value is -2.43. The van der Waals surface area contributed by atoms with E-state index in [0.717, 1.165) is 47.4 Å². The van der Waals surface area contributed by atoms with Gasteiger partial charge >= 0.3 is 0 Å². The smallest absolute Gasteiger partial charge is 0.159 e. The molecule has 0 saturated carbocycles. The van der Waals surface area contributed by atoms with Crippen molar-refractivity contribution in [2.45, 2.75) is 26.8 Å². The Morgan fingerprint density at radius 1 is 1.11 bits per heavy atom. The van der Waals surface area contributed by atoms with Crippen molar-refractivity contribution in [1.82, 2.24) is 14.9 Å². The molecule has 1 aromatic heterocycles. The molecule has 0 atom stereocenters. The number of halogens is 1. The topological polar surface area (TPSA) is 38.2 Å². The standard InChI is InChI=1S/C22H22ClN3O/c1-15-4-3-5-21(16(15)2)27-14-26-11-10-20-18(13-26)12-24-22(25-20)17-6-8-19(23)9-7-17/h3-9,12H,10-11,13-14H2,1-2H3. The van der Waals surface area contributed by atoms with Gasteiger partial charge in [-0.05, 0) is 55.3 Å². The molecule has 27 heavy (non-hydrogen) atoms.